The molecule has 0 saturated carbocycles. The summed E-state index contributed by atoms with van der Waals surface area (Å²) in [5.41, 5.74) is 3.50. The summed E-state index contributed by atoms with van der Waals surface area (Å²) >= 11 is 0. The first-order chi connectivity index (χ1) is 15.8. The number of para-hydroxylation sites is 1. The summed E-state index contributed by atoms with van der Waals surface area (Å²) in [5, 5.41) is 0. The summed E-state index contributed by atoms with van der Waals surface area (Å²) in [5.74, 6) is 2.78. The summed E-state index contributed by atoms with van der Waals surface area (Å²) < 4.78 is 5.96. The predicted octanol–water partition coefficient (Wildman–Crippen LogP) is 6.49. The maximum atomic E-state index is 13.1. The minimum atomic E-state index is 0.148. The third-order valence-corrected chi connectivity index (χ3v) is 7.11. The SMILES string of the molecule is O=C1c2ccc(Oc3ccccc3)cc2CCC1CCN1CCC(c2ccccc2)CC1. The standard InChI is InChI=1S/C29H31NO2/c31-29-24(17-20-30-18-15-23(16-19-30)22-7-3-1-4-8-22)11-12-25-21-27(13-14-28(25)29)32-26-9-5-2-6-10-26/h1-10,13-14,21,23-24H,11-12,15-20H2. The smallest absolute Gasteiger partial charge is 0.166 e. The van der Waals surface area contributed by atoms with Crippen molar-refractivity contribution in [3.05, 3.63) is 95.6 Å². The average Bonchev–Trinajstić information content (AvgIpc) is 2.85. The number of Topliss-reactive ketones (excluding diaryl/α,β-unsaturated/α-hetero) is 1. The highest BCUT2D eigenvalue weighted by Gasteiger charge is 2.29. The van der Waals surface area contributed by atoms with E-state index in [-0.39, 0.29) is 5.92 Å². The Balaban J connectivity index is 1.14. The first-order valence-electron chi connectivity index (χ1n) is 11.9. The van der Waals surface area contributed by atoms with Crippen LogP contribution in [0.15, 0.2) is 78.9 Å². The number of aryl methyl sites for hydroxylation is 1. The molecule has 1 atom stereocenters. The van der Waals surface area contributed by atoms with Gasteiger partial charge in [-0.1, -0.05) is 48.5 Å². The van der Waals surface area contributed by atoms with Gasteiger partial charge in [-0.15, -0.1) is 0 Å². The van der Waals surface area contributed by atoms with Gasteiger partial charge in [-0.3, -0.25) is 4.79 Å². The molecular weight excluding hydrogens is 394 g/mol. The Morgan fingerprint density at radius 3 is 2.28 bits per heavy atom. The number of carbonyl (C=O) groups excluding carboxylic acids is 1. The number of hydrogen-bond donors (Lipinski definition) is 0. The van der Waals surface area contributed by atoms with E-state index in [9.17, 15) is 4.79 Å². The highest BCUT2D eigenvalue weighted by atomic mass is 16.5. The molecule has 1 unspecified atom stereocenters. The van der Waals surface area contributed by atoms with Crippen LogP contribution in [-0.2, 0) is 6.42 Å². The first-order valence-corrected chi connectivity index (χ1v) is 11.9. The normalized spacial score (nSPS) is 19.5. The van der Waals surface area contributed by atoms with Gasteiger partial charge in [0.05, 0.1) is 0 Å². The van der Waals surface area contributed by atoms with Gasteiger partial charge >= 0.3 is 0 Å². The van der Waals surface area contributed by atoms with Crippen LogP contribution in [0.1, 0.15) is 53.1 Å². The van der Waals surface area contributed by atoms with E-state index in [0.29, 0.717) is 11.7 Å². The number of piperidine rings is 1. The van der Waals surface area contributed by atoms with Crippen LogP contribution in [0.25, 0.3) is 0 Å². The lowest BCUT2D eigenvalue weighted by Crippen LogP contribution is -2.35. The fourth-order valence-corrected chi connectivity index (χ4v) is 5.22. The molecule has 3 nitrogen and oxygen atoms in total. The molecule has 1 fully saturated rings. The van der Waals surface area contributed by atoms with Crippen LogP contribution >= 0.6 is 0 Å². The highest BCUT2D eigenvalue weighted by molar-refractivity contribution is 6.00. The number of carbonyl (C=O) groups is 1. The number of hydrogen-bond acceptors (Lipinski definition) is 3. The molecule has 0 bridgehead atoms. The molecule has 1 aliphatic heterocycles. The maximum absolute atomic E-state index is 13.1. The zero-order valence-corrected chi connectivity index (χ0v) is 18.6. The number of ketones is 1. The Morgan fingerprint density at radius 2 is 1.53 bits per heavy atom. The molecule has 1 aliphatic carbocycles. The minimum Gasteiger partial charge on any atom is -0.457 e. The van der Waals surface area contributed by atoms with Crippen LogP contribution < -0.4 is 4.74 Å². The van der Waals surface area contributed by atoms with Gasteiger partial charge in [0, 0.05) is 11.5 Å². The van der Waals surface area contributed by atoms with Gasteiger partial charge in [0.25, 0.3) is 0 Å². The van der Waals surface area contributed by atoms with Crippen LogP contribution in [0.2, 0.25) is 0 Å². The van der Waals surface area contributed by atoms with E-state index in [2.05, 4.69) is 35.2 Å². The van der Waals surface area contributed by atoms with Crippen molar-refractivity contribution in [3.8, 4) is 11.5 Å². The lowest BCUT2D eigenvalue weighted by molar-refractivity contribution is 0.0877. The molecule has 5 rings (SSSR count). The predicted molar refractivity (Wildman–Crippen MR) is 129 cm³/mol. The van der Waals surface area contributed by atoms with E-state index < -0.39 is 0 Å². The summed E-state index contributed by atoms with van der Waals surface area (Å²) in [6.45, 7) is 3.30. The van der Waals surface area contributed by atoms with Gasteiger partial charge in [0.1, 0.15) is 11.5 Å². The number of ether oxygens (including phenoxy) is 1. The molecule has 0 aromatic heterocycles. The van der Waals surface area contributed by atoms with E-state index in [1.807, 2.05) is 48.5 Å². The van der Waals surface area contributed by atoms with Gasteiger partial charge in [-0.25, -0.2) is 0 Å². The summed E-state index contributed by atoms with van der Waals surface area (Å²) in [6.07, 6.45) is 5.30. The monoisotopic (exact) mass is 425 g/mol. The van der Waals surface area contributed by atoms with Crippen molar-refractivity contribution in [2.45, 2.75) is 38.0 Å². The lowest BCUT2D eigenvalue weighted by atomic mass is 9.80. The second-order valence-corrected chi connectivity index (χ2v) is 9.15. The van der Waals surface area contributed by atoms with Crippen LogP contribution in [0.5, 0.6) is 11.5 Å². The minimum absolute atomic E-state index is 0.148. The van der Waals surface area contributed by atoms with Crippen LogP contribution in [0.4, 0.5) is 0 Å². The molecule has 164 valence electrons. The van der Waals surface area contributed by atoms with Crippen molar-refractivity contribution in [3.63, 3.8) is 0 Å². The summed E-state index contributed by atoms with van der Waals surface area (Å²) in [6, 6.07) is 26.6. The highest BCUT2D eigenvalue weighted by Crippen LogP contribution is 2.33. The van der Waals surface area contributed by atoms with Crippen molar-refractivity contribution < 1.29 is 9.53 Å². The first kappa shape index (κ1) is 21.0. The van der Waals surface area contributed by atoms with Gasteiger partial charge in [0.2, 0.25) is 0 Å². The Labute approximate surface area is 191 Å². The summed E-state index contributed by atoms with van der Waals surface area (Å²) in [7, 11) is 0. The Morgan fingerprint density at radius 1 is 0.812 bits per heavy atom. The van der Waals surface area contributed by atoms with E-state index in [1.165, 1.54) is 18.4 Å². The second-order valence-electron chi connectivity index (χ2n) is 9.15. The quantitative estimate of drug-likeness (QED) is 0.452. The molecule has 3 aromatic rings. The molecule has 3 aromatic carbocycles. The maximum Gasteiger partial charge on any atom is 0.166 e. The lowest BCUT2D eigenvalue weighted by Gasteiger charge is -2.33. The fourth-order valence-electron chi connectivity index (χ4n) is 5.22. The fraction of sp³-hybridized carbons (Fsp3) is 0.345. The van der Waals surface area contributed by atoms with E-state index in [4.69, 9.17) is 4.74 Å². The van der Waals surface area contributed by atoms with Crippen molar-refractivity contribution in [2.24, 2.45) is 5.92 Å². The zero-order valence-electron chi connectivity index (χ0n) is 18.6. The van der Waals surface area contributed by atoms with Crippen molar-refractivity contribution in [2.75, 3.05) is 19.6 Å². The van der Waals surface area contributed by atoms with Crippen LogP contribution in [0, 0.1) is 5.92 Å². The molecule has 2 aliphatic rings. The van der Waals surface area contributed by atoms with Crippen molar-refractivity contribution in [1.82, 2.24) is 4.90 Å². The number of nitrogens with zero attached hydrogens (tertiary/aromatic N) is 1. The molecule has 0 radical (unpaired) electrons. The molecule has 1 saturated heterocycles. The van der Waals surface area contributed by atoms with E-state index in [0.717, 1.165) is 61.5 Å². The van der Waals surface area contributed by atoms with Crippen molar-refractivity contribution in [1.29, 1.82) is 0 Å². The second kappa shape index (κ2) is 9.70. The molecule has 0 spiro atoms. The van der Waals surface area contributed by atoms with Gasteiger partial charge < -0.3 is 9.64 Å². The van der Waals surface area contributed by atoms with E-state index in [1.54, 1.807) is 0 Å². The number of fused-ring (bicyclic) bond motifs is 1. The van der Waals surface area contributed by atoms with Crippen LogP contribution in [0.3, 0.4) is 0 Å². The van der Waals surface area contributed by atoms with Gasteiger partial charge in [0.15, 0.2) is 5.78 Å². The van der Waals surface area contributed by atoms with Crippen molar-refractivity contribution >= 4 is 5.78 Å². The van der Waals surface area contributed by atoms with Gasteiger partial charge in [-0.05, 0) is 99.1 Å². The number of likely N-dealkylation sites (tertiary alicyclic amines) is 1. The third kappa shape index (κ3) is 4.78. The molecule has 1 heterocycles. The van der Waals surface area contributed by atoms with Gasteiger partial charge in [-0.2, -0.15) is 0 Å². The Kier molecular flexibility index (Phi) is 6.36. The van der Waals surface area contributed by atoms with E-state index >= 15 is 0 Å². The molecular formula is C29H31NO2. The number of benzene rings is 3. The average molecular weight is 426 g/mol. The molecule has 0 N–H and O–H groups in total. The zero-order chi connectivity index (χ0) is 21.8. The topological polar surface area (TPSA) is 29.5 Å². The third-order valence-electron chi connectivity index (χ3n) is 7.11. The molecule has 32 heavy (non-hydrogen) atoms. The molecule has 3 heteroatoms. The Bertz CT molecular complexity index is 1040. The summed E-state index contributed by atoms with van der Waals surface area (Å²) in [4.78, 5) is 15.7. The van der Waals surface area contributed by atoms with Crippen LogP contribution in [-0.4, -0.2) is 30.3 Å². The largest absolute Gasteiger partial charge is 0.457 e. The Hall–Kier alpha value is -2.91. The number of rotatable bonds is 6. The molecule has 0 amide bonds.